The van der Waals surface area contributed by atoms with Gasteiger partial charge in [-0.2, -0.15) is 0 Å². The molecule has 1 aliphatic carbocycles. The number of amides is 1. The van der Waals surface area contributed by atoms with Crippen LogP contribution in [0.25, 0.3) is 10.9 Å². The van der Waals surface area contributed by atoms with Crippen LogP contribution in [-0.2, 0) is 6.42 Å². The molecule has 0 bridgehead atoms. The Bertz CT molecular complexity index is 838. The molecule has 1 unspecified atom stereocenters. The third-order valence-electron chi connectivity index (χ3n) is 4.22. The Kier molecular flexibility index (Phi) is 3.22. The Labute approximate surface area is 131 Å². The fourth-order valence-electron chi connectivity index (χ4n) is 3.22. The number of carbonyl (C=O) groups excluding carboxylic acids is 1. The zero-order chi connectivity index (χ0) is 15.1. The molecule has 0 aliphatic heterocycles. The van der Waals surface area contributed by atoms with E-state index in [9.17, 15) is 9.18 Å². The summed E-state index contributed by atoms with van der Waals surface area (Å²) in [6, 6.07) is 8.47. The fraction of sp³-hybridized carbons (Fsp3) is 0.235. The number of fused-ring (bicyclic) bond motifs is 3. The van der Waals surface area contributed by atoms with Crippen molar-refractivity contribution in [3.05, 3.63) is 57.7 Å². The number of halogens is 1. The molecule has 1 aromatic carbocycles. The smallest absolute Gasteiger partial charge is 0.261 e. The topological polar surface area (TPSA) is 44.9 Å². The van der Waals surface area contributed by atoms with Crippen LogP contribution >= 0.6 is 11.3 Å². The lowest BCUT2D eigenvalue weighted by molar-refractivity contribution is 0.0936. The number of hydrogen-bond donors (Lipinski definition) is 2. The number of H-pyrrole nitrogens is 1. The molecule has 0 spiro atoms. The van der Waals surface area contributed by atoms with Crippen LogP contribution in [0.3, 0.4) is 0 Å². The zero-order valence-corrected chi connectivity index (χ0v) is 12.7. The van der Waals surface area contributed by atoms with Gasteiger partial charge in [0, 0.05) is 16.6 Å². The van der Waals surface area contributed by atoms with Gasteiger partial charge in [0.25, 0.3) is 5.91 Å². The van der Waals surface area contributed by atoms with Crippen molar-refractivity contribution in [2.24, 2.45) is 0 Å². The van der Waals surface area contributed by atoms with Crippen LogP contribution in [0.5, 0.6) is 0 Å². The second-order valence-electron chi connectivity index (χ2n) is 5.60. The van der Waals surface area contributed by atoms with E-state index in [-0.39, 0.29) is 17.8 Å². The molecule has 4 rings (SSSR count). The lowest BCUT2D eigenvalue weighted by atomic mass is 9.91. The molecular formula is C17H15FN2OS. The molecule has 1 amide bonds. The number of carbonyl (C=O) groups is 1. The Balaban J connectivity index is 1.70. The summed E-state index contributed by atoms with van der Waals surface area (Å²) in [6.07, 6.45) is 2.81. The van der Waals surface area contributed by atoms with Gasteiger partial charge in [-0.1, -0.05) is 6.07 Å². The molecule has 1 atom stereocenters. The standard InChI is InChI=1S/C17H15FN2OS/c18-10-6-7-13-12(9-10)11-3-1-4-14(16(11)19-13)20-17(21)15-5-2-8-22-15/h2,5-9,14,19H,1,3-4H2,(H,20,21). The molecule has 2 heterocycles. The van der Waals surface area contributed by atoms with E-state index in [2.05, 4.69) is 10.3 Å². The van der Waals surface area contributed by atoms with Gasteiger partial charge in [0.15, 0.2) is 0 Å². The Morgan fingerprint density at radius 2 is 2.27 bits per heavy atom. The molecule has 3 aromatic rings. The number of benzene rings is 1. The maximum absolute atomic E-state index is 13.5. The lowest BCUT2D eigenvalue weighted by Crippen LogP contribution is -2.30. The summed E-state index contributed by atoms with van der Waals surface area (Å²) < 4.78 is 13.5. The first-order valence-corrected chi connectivity index (χ1v) is 8.25. The first-order valence-electron chi connectivity index (χ1n) is 7.37. The van der Waals surface area contributed by atoms with Gasteiger partial charge >= 0.3 is 0 Å². The molecule has 22 heavy (non-hydrogen) atoms. The van der Waals surface area contributed by atoms with Gasteiger partial charge in [0.2, 0.25) is 0 Å². The molecule has 2 N–H and O–H groups in total. The van der Waals surface area contributed by atoms with Crippen LogP contribution < -0.4 is 5.32 Å². The highest BCUT2D eigenvalue weighted by atomic mass is 32.1. The van der Waals surface area contributed by atoms with E-state index >= 15 is 0 Å². The second kappa shape index (κ2) is 5.25. The largest absolute Gasteiger partial charge is 0.356 e. The van der Waals surface area contributed by atoms with E-state index in [1.165, 1.54) is 17.4 Å². The minimum absolute atomic E-state index is 0.0335. The average Bonchev–Trinajstić information content (AvgIpc) is 3.15. The minimum Gasteiger partial charge on any atom is -0.356 e. The predicted octanol–water partition coefficient (Wildman–Crippen LogP) is 4.18. The van der Waals surface area contributed by atoms with E-state index in [0.29, 0.717) is 4.88 Å². The van der Waals surface area contributed by atoms with Crippen molar-refractivity contribution < 1.29 is 9.18 Å². The van der Waals surface area contributed by atoms with Crippen molar-refractivity contribution >= 4 is 28.1 Å². The highest BCUT2D eigenvalue weighted by Gasteiger charge is 2.26. The Morgan fingerprint density at radius 3 is 3.09 bits per heavy atom. The van der Waals surface area contributed by atoms with Crippen molar-refractivity contribution in [1.29, 1.82) is 0 Å². The highest BCUT2D eigenvalue weighted by molar-refractivity contribution is 7.12. The van der Waals surface area contributed by atoms with Crippen molar-refractivity contribution in [3.8, 4) is 0 Å². The summed E-state index contributed by atoms with van der Waals surface area (Å²) in [6.45, 7) is 0. The van der Waals surface area contributed by atoms with Gasteiger partial charge in [0.1, 0.15) is 5.82 Å². The number of nitrogens with one attached hydrogen (secondary N) is 2. The molecule has 0 radical (unpaired) electrons. The molecule has 0 saturated carbocycles. The summed E-state index contributed by atoms with van der Waals surface area (Å²) in [5.74, 6) is -0.267. The van der Waals surface area contributed by atoms with Crippen molar-refractivity contribution in [2.45, 2.75) is 25.3 Å². The van der Waals surface area contributed by atoms with Gasteiger partial charge < -0.3 is 10.3 Å². The van der Waals surface area contributed by atoms with Crippen LogP contribution in [0.1, 0.15) is 39.8 Å². The lowest BCUT2D eigenvalue weighted by Gasteiger charge is -2.23. The summed E-state index contributed by atoms with van der Waals surface area (Å²) in [5, 5.41) is 5.93. The molecule has 5 heteroatoms. The first kappa shape index (κ1) is 13.5. The van der Waals surface area contributed by atoms with Gasteiger partial charge in [-0.05, 0) is 54.5 Å². The fourth-order valence-corrected chi connectivity index (χ4v) is 3.84. The molecule has 0 saturated heterocycles. The number of aromatic nitrogens is 1. The maximum Gasteiger partial charge on any atom is 0.261 e. The van der Waals surface area contributed by atoms with Crippen molar-refractivity contribution in [2.75, 3.05) is 0 Å². The van der Waals surface area contributed by atoms with Crippen LogP contribution in [0, 0.1) is 5.82 Å². The highest BCUT2D eigenvalue weighted by Crippen LogP contribution is 2.35. The first-order chi connectivity index (χ1) is 10.7. The molecule has 1 aliphatic rings. The predicted molar refractivity (Wildman–Crippen MR) is 85.7 cm³/mol. The zero-order valence-electron chi connectivity index (χ0n) is 11.9. The third kappa shape index (κ3) is 2.22. The van der Waals surface area contributed by atoms with Crippen LogP contribution in [0.2, 0.25) is 0 Å². The second-order valence-corrected chi connectivity index (χ2v) is 6.55. The molecular weight excluding hydrogens is 299 g/mol. The average molecular weight is 314 g/mol. The Hall–Kier alpha value is -2.14. The number of aromatic amines is 1. The van der Waals surface area contributed by atoms with Crippen molar-refractivity contribution in [3.63, 3.8) is 0 Å². The van der Waals surface area contributed by atoms with Gasteiger partial charge in [-0.15, -0.1) is 11.3 Å². The SMILES string of the molecule is O=C(NC1CCCc2c1[nH]c1ccc(F)cc21)c1cccs1. The van der Waals surface area contributed by atoms with E-state index in [0.717, 1.165) is 41.4 Å². The van der Waals surface area contributed by atoms with Crippen LogP contribution in [0.15, 0.2) is 35.7 Å². The number of thiophene rings is 1. The number of rotatable bonds is 2. The quantitative estimate of drug-likeness (QED) is 0.732. The Morgan fingerprint density at radius 1 is 1.36 bits per heavy atom. The summed E-state index contributed by atoms with van der Waals surface area (Å²) >= 11 is 1.44. The normalized spacial score (nSPS) is 17.4. The van der Waals surface area contributed by atoms with E-state index in [1.807, 2.05) is 17.5 Å². The van der Waals surface area contributed by atoms with E-state index in [4.69, 9.17) is 0 Å². The van der Waals surface area contributed by atoms with Crippen molar-refractivity contribution in [1.82, 2.24) is 10.3 Å². The minimum atomic E-state index is -0.223. The van der Waals surface area contributed by atoms with E-state index < -0.39 is 0 Å². The van der Waals surface area contributed by atoms with E-state index in [1.54, 1.807) is 12.1 Å². The monoisotopic (exact) mass is 314 g/mol. The van der Waals surface area contributed by atoms with Crippen LogP contribution in [-0.4, -0.2) is 10.9 Å². The number of aryl methyl sites for hydroxylation is 1. The van der Waals surface area contributed by atoms with Gasteiger partial charge in [-0.3, -0.25) is 4.79 Å². The maximum atomic E-state index is 13.5. The summed E-state index contributed by atoms with van der Waals surface area (Å²) in [7, 11) is 0. The molecule has 0 fully saturated rings. The summed E-state index contributed by atoms with van der Waals surface area (Å²) in [5.41, 5.74) is 3.10. The van der Waals surface area contributed by atoms with Gasteiger partial charge in [0.05, 0.1) is 10.9 Å². The number of hydrogen-bond acceptors (Lipinski definition) is 2. The molecule has 3 nitrogen and oxygen atoms in total. The molecule has 2 aromatic heterocycles. The van der Waals surface area contributed by atoms with Crippen LogP contribution in [0.4, 0.5) is 4.39 Å². The van der Waals surface area contributed by atoms with Gasteiger partial charge in [-0.25, -0.2) is 4.39 Å². The summed E-state index contributed by atoms with van der Waals surface area (Å²) in [4.78, 5) is 16.4. The molecule has 112 valence electrons. The third-order valence-corrected chi connectivity index (χ3v) is 5.09.